The van der Waals surface area contributed by atoms with Gasteiger partial charge >= 0.3 is 0 Å². The molecule has 3 rings (SSSR count). The standard InChI is InChI=1S/C16H14ClN3O2S/c17-15-7-2-1-4-13(15)11-23(21,22)20-14-6-3-5-12(10-14)16-18-8-9-19-16/h1-10,20H,11H2,(H,18,19). The van der Waals surface area contributed by atoms with Gasteiger partial charge in [0, 0.05) is 28.7 Å². The number of halogens is 1. The zero-order valence-electron chi connectivity index (χ0n) is 12.0. The van der Waals surface area contributed by atoms with Crippen molar-refractivity contribution in [3.05, 3.63) is 71.5 Å². The van der Waals surface area contributed by atoms with Crippen molar-refractivity contribution < 1.29 is 8.42 Å². The number of rotatable bonds is 5. The summed E-state index contributed by atoms with van der Waals surface area (Å²) in [7, 11) is -3.56. The molecular weight excluding hydrogens is 334 g/mol. The van der Waals surface area contributed by atoms with E-state index in [1.54, 1.807) is 54.9 Å². The van der Waals surface area contributed by atoms with Gasteiger partial charge in [-0.2, -0.15) is 0 Å². The minimum atomic E-state index is -3.56. The molecule has 2 aromatic carbocycles. The van der Waals surface area contributed by atoms with Crippen LogP contribution in [0.25, 0.3) is 11.4 Å². The second-order valence-corrected chi connectivity index (χ2v) is 7.10. The number of benzene rings is 2. The van der Waals surface area contributed by atoms with Gasteiger partial charge in [0.25, 0.3) is 0 Å². The van der Waals surface area contributed by atoms with E-state index in [1.807, 2.05) is 6.07 Å². The molecule has 0 aliphatic carbocycles. The second kappa shape index (κ2) is 6.44. The van der Waals surface area contributed by atoms with E-state index >= 15 is 0 Å². The Labute approximate surface area is 139 Å². The lowest BCUT2D eigenvalue weighted by Gasteiger charge is -2.10. The molecule has 0 saturated carbocycles. The molecular formula is C16H14ClN3O2S. The molecule has 5 nitrogen and oxygen atoms in total. The first-order chi connectivity index (χ1) is 11.0. The SMILES string of the molecule is O=S(=O)(Cc1ccccc1Cl)Nc1cccc(-c2ncc[nH]2)c1. The number of nitrogens with zero attached hydrogens (tertiary/aromatic N) is 1. The smallest absolute Gasteiger partial charge is 0.236 e. The van der Waals surface area contributed by atoms with Crippen LogP contribution in [-0.4, -0.2) is 18.4 Å². The Morgan fingerprint density at radius 2 is 1.96 bits per heavy atom. The molecule has 0 aliphatic heterocycles. The highest BCUT2D eigenvalue weighted by atomic mass is 35.5. The van der Waals surface area contributed by atoms with Crippen LogP contribution in [0.15, 0.2) is 60.9 Å². The maximum absolute atomic E-state index is 12.3. The molecule has 118 valence electrons. The molecule has 7 heteroatoms. The average Bonchev–Trinajstić information content (AvgIpc) is 3.03. The van der Waals surface area contributed by atoms with Crippen molar-refractivity contribution in [2.75, 3.05) is 4.72 Å². The van der Waals surface area contributed by atoms with E-state index in [9.17, 15) is 8.42 Å². The molecule has 0 aliphatic rings. The fraction of sp³-hybridized carbons (Fsp3) is 0.0625. The number of nitrogens with one attached hydrogen (secondary N) is 2. The van der Waals surface area contributed by atoms with Gasteiger partial charge in [-0.15, -0.1) is 0 Å². The van der Waals surface area contributed by atoms with E-state index in [0.717, 1.165) is 5.56 Å². The Bertz CT molecular complexity index is 909. The Balaban J connectivity index is 1.81. The fourth-order valence-corrected chi connectivity index (χ4v) is 3.69. The summed E-state index contributed by atoms with van der Waals surface area (Å²) in [6, 6.07) is 13.9. The quantitative estimate of drug-likeness (QED) is 0.739. The Hall–Kier alpha value is -2.31. The third-order valence-electron chi connectivity index (χ3n) is 3.21. The highest BCUT2D eigenvalue weighted by molar-refractivity contribution is 7.91. The minimum Gasteiger partial charge on any atom is -0.345 e. The first-order valence-electron chi connectivity index (χ1n) is 6.87. The lowest BCUT2D eigenvalue weighted by molar-refractivity contribution is 0.600. The van der Waals surface area contributed by atoms with Crippen molar-refractivity contribution in [3.63, 3.8) is 0 Å². The molecule has 1 aromatic heterocycles. The summed E-state index contributed by atoms with van der Waals surface area (Å²) >= 11 is 6.02. The lowest BCUT2D eigenvalue weighted by Crippen LogP contribution is -2.15. The Morgan fingerprint density at radius 1 is 1.13 bits per heavy atom. The van der Waals surface area contributed by atoms with Gasteiger partial charge in [0.05, 0.1) is 5.75 Å². The van der Waals surface area contributed by atoms with Crippen LogP contribution in [-0.2, 0) is 15.8 Å². The summed E-state index contributed by atoms with van der Waals surface area (Å²) in [5.74, 6) is 0.495. The van der Waals surface area contributed by atoms with Crippen LogP contribution in [0.4, 0.5) is 5.69 Å². The van der Waals surface area contributed by atoms with Crippen molar-refractivity contribution >= 4 is 27.3 Å². The van der Waals surface area contributed by atoms with Crippen LogP contribution in [0.3, 0.4) is 0 Å². The highest BCUT2D eigenvalue weighted by Gasteiger charge is 2.14. The van der Waals surface area contributed by atoms with Gasteiger partial charge < -0.3 is 4.98 Å². The molecule has 0 unspecified atom stereocenters. The third-order valence-corrected chi connectivity index (χ3v) is 4.82. The summed E-state index contributed by atoms with van der Waals surface area (Å²) in [5.41, 5.74) is 1.84. The lowest BCUT2D eigenvalue weighted by atomic mass is 10.2. The summed E-state index contributed by atoms with van der Waals surface area (Å²) < 4.78 is 27.2. The van der Waals surface area contributed by atoms with Crippen molar-refractivity contribution in [3.8, 4) is 11.4 Å². The molecule has 0 spiro atoms. The molecule has 0 atom stereocenters. The maximum atomic E-state index is 12.3. The molecule has 3 aromatic rings. The van der Waals surface area contributed by atoms with Crippen LogP contribution in [0.5, 0.6) is 0 Å². The van der Waals surface area contributed by atoms with E-state index in [1.165, 1.54) is 0 Å². The normalized spacial score (nSPS) is 11.3. The number of hydrogen-bond acceptors (Lipinski definition) is 3. The van der Waals surface area contributed by atoms with E-state index in [-0.39, 0.29) is 5.75 Å². The van der Waals surface area contributed by atoms with Crippen molar-refractivity contribution in [2.45, 2.75) is 5.75 Å². The number of aromatic amines is 1. The van der Waals surface area contributed by atoms with Gasteiger partial charge in [0.1, 0.15) is 5.82 Å². The first-order valence-corrected chi connectivity index (χ1v) is 8.90. The fourth-order valence-electron chi connectivity index (χ4n) is 2.19. The van der Waals surface area contributed by atoms with Gasteiger partial charge in [-0.3, -0.25) is 4.72 Å². The Morgan fingerprint density at radius 3 is 2.70 bits per heavy atom. The largest absolute Gasteiger partial charge is 0.345 e. The van der Waals surface area contributed by atoms with Gasteiger partial charge in [-0.05, 0) is 23.8 Å². The third kappa shape index (κ3) is 3.91. The second-order valence-electron chi connectivity index (χ2n) is 4.97. The average molecular weight is 348 g/mol. The van der Waals surface area contributed by atoms with E-state index in [2.05, 4.69) is 14.7 Å². The molecule has 0 bridgehead atoms. The predicted molar refractivity (Wildman–Crippen MR) is 91.7 cm³/mol. The van der Waals surface area contributed by atoms with Crippen LogP contribution in [0.1, 0.15) is 5.56 Å². The van der Waals surface area contributed by atoms with E-state index < -0.39 is 10.0 Å². The summed E-state index contributed by atoms with van der Waals surface area (Å²) in [6.07, 6.45) is 3.35. The van der Waals surface area contributed by atoms with E-state index in [0.29, 0.717) is 22.1 Å². The van der Waals surface area contributed by atoms with Crippen LogP contribution in [0.2, 0.25) is 5.02 Å². The summed E-state index contributed by atoms with van der Waals surface area (Å²) in [6.45, 7) is 0. The Kier molecular flexibility index (Phi) is 4.36. The van der Waals surface area contributed by atoms with Crippen molar-refractivity contribution in [1.29, 1.82) is 0 Å². The minimum absolute atomic E-state index is 0.183. The van der Waals surface area contributed by atoms with Crippen molar-refractivity contribution in [2.24, 2.45) is 0 Å². The van der Waals surface area contributed by atoms with Gasteiger partial charge in [0.15, 0.2) is 0 Å². The van der Waals surface area contributed by atoms with Crippen LogP contribution >= 0.6 is 11.6 Å². The van der Waals surface area contributed by atoms with Gasteiger partial charge in [-0.1, -0.05) is 41.9 Å². The maximum Gasteiger partial charge on any atom is 0.236 e. The monoisotopic (exact) mass is 347 g/mol. The summed E-state index contributed by atoms with van der Waals surface area (Å²) in [5, 5.41) is 0.433. The number of anilines is 1. The van der Waals surface area contributed by atoms with Crippen LogP contribution < -0.4 is 4.72 Å². The number of hydrogen-bond donors (Lipinski definition) is 2. The van der Waals surface area contributed by atoms with Gasteiger partial charge in [0.2, 0.25) is 10.0 Å². The first kappa shape index (κ1) is 15.6. The molecule has 23 heavy (non-hydrogen) atoms. The molecule has 2 N–H and O–H groups in total. The molecule has 1 heterocycles. The zero-order chi connectivity index (χ0) is 16.3. The molecule has 0 amide bonds. The number of sulfonamides is 1. The summed E-state index contributed by atoms with van der Waals surface area (Å²) in [4.78, 5) is 7.14. The van der Waals surface area contributed by atoms with Crippen LogP contribution in [0, 0.1) is 0 Å². The number of H-pyrrole nitrogens is 1. The zero-order valence-corrected chi connectivity index (χ0v) is 13.6. The van der Waals surface area contributed by atoms with Gasteiger partial charge in [-0.25, -0.2) is 13.4 Å². The molecule has 0 radical (unpaired) electrons. The topological polar surface area (TPSA) is 74.8 Å². The van der Waals surface area contributed by atoms with E-state index in [4.69, 9.17) is 11.6 Å². The predicted octanol–water partition coefficient (Wildman–Crippen LogP) is 3.67. The molecule has 0 saturated heterocycles. The number of imidazole rings is 1. The van der Waals surface area contributed by atoms with Crippen molar-refractivity contribution in [1.82, 2.24) is 9.97 Å². The highest BCUT2D eigenvalue weighted by Crippen LogP contribution is 2.22. The molecule has 0 fully saturated rings. The number of aromatic nitrogens is 2.